The molecular weight excluding hydrogens is 170 g/mol. The lowest BCUT2D eigenvalue weighted by atomic mass is 10.1. The van der Waals surface area contributed by atoms with Gasteiger partial charge in [-0.15, -0.1) is 0 Å². The largest absolute Gasteiger partial charge is 0.371 e. The minimum absolute atomic E-state index is 0.913. The van der Waals surface area contributed by atoms with Crippen LogP contribution in [-0.4, -0.2) is 13.1 Å². The molecule has 0 radical (unpaired) electrons. The summed E-state index contributed by atoms with van der Waals surface area (Å²) in [5.74, 6) is 0.913. The first-order valence-electron chi connectivity index (χ1n) is 5.61. The van der Waals surface area contributed by atoms with Gasteiger partial charge in [0, 0.05) is 18.8 Å². The van der Waals surface area contributed by atoms with E-state index in [0.29, 0.717) is 0 Å². The average molecular weight is 189 g/mol. The lowest BCUT2D eigenvalue weighted by molar-refractivity contribution is 0.569. The summed E-state index contributed by atoms with van der Waals surface area (Å²) in [6.45, 7) is 6.95. The number of hydrogen-bond donors (Lipinski definition) is 0. The molecule has 1 aliphatic rings. The Bertz CT molecular complexity index is 306. The van der Waals surface area contributed by atoms with Crippen molar-refractivity contribution >= 4 is 5.69 Å². The highest BCUT2D eigenvalue weighted by atomic mass is 15.1. The minimum Gasteiger partial charge on any atom is -0.371 e. The Hall–Kier alpha value is -0.980. The Morgan fingerprint density at radius 3 is 2.93 bits per heavy atom. The first-order chi connectivity index (χ1) is 6.79. The zero-order valence-corrected chi connectivity index (χ0v) is 9.16. The second-order valence-corrected chi connectivity index (χ2v) is 4.35. The first kappa shape index (κ1) is 9.57. The third kappa shape index (κ3) is 1.92. The molecule has 0 spiro atoms. The molecule has 0 amide bonds. The van der Waals surface area contributed by atoms with Gasteiger partial charge in [-0.25, -0.2) is 0 Å². The number of anilines is 1. The maximum Gasteiger partial charge on any atom is 0.0368 e. The van der Waals surface area contributed by atoms with Crippen LogP contribution in [0.15, 0.2) is 24.3 Å². The second-order valence-electron chi connectivity index (χ2n) is 4.35. The molecule has 1 heterocycles. The molecule has 14 heavy (non-hydrogen) atoms. The van der Waals surface area contributed by atoms with Crippen LogP contribution in [0.3, 0.4) is 0 Å². The molecule has 1 unspecified atom stereocenters. The van der Waals surface area contributed by atoms with E-state index in [1.54, 1.807) is 0 Å². The highest BCUT2D eigenvalue weighted by Gasteiger charge is 2.20. The van der Waals surface area contributed by atoms with E-state index in [-0.39, 0.29) is 0 Å². The number of hydrogen-bond acceptors (Lipinski definition) is 1. The first-order valence-corrected chi connectivity index (χ1v) is 5.61. The number of nitrogens with zero attached hydrogens (tertiary/aromatic N) is 1. The summed E-state index contributed by atoms with van der Waals surface area (Å²) in [5, 5.41) is 0. The van der Waals surface area contributed by atoms with E-state index < -0.39 is 0 Å². The molecule has 1 fully saturated rings. The Balaban J connectivity index is 2.09. The maximum atomic E-state index is 2.52. The molecule has 2 rings (SSSR count). The molecule has 0 aromatic heterocycles. The van der Waals surface area contributed by atoms with Crippen LogP contribution in [0, 0.1) is 12.8 Å². The summed E-state index contributed by atoms with van der Waals surface area (Å²) >= 11 is 0. The standard InChI is InChI=1S/C13H19N/c1-3-12-7-8-14(10-12)13-6-4-5-11(2)9-13/h4-6,9,12H,3,7-8,10H2,1-2H3. The molecule has 0 bridgehead atoms. The molecule has 76 valence electrons. The van der Waals surface area contributed by atoms with Crippen molar-refractivity contribution in [2.24, 2.45) is 5.92 Å². The fourth-order valence-electron chi connectivity index (χ4n) is 2.23. The van der Waals surface area contributed by atoms with Gasteiger partial charge in [0.05, 0.1) is 0 Å². The van der Waals surface area contributed by atoms with Gasteiger partial charge in [0.2, 0.25) is 0 Å². The molecule has 1 heteroatoms. The molecule has 1 saturated heterocycles. The smallest absolute Gasteiger partial charge is 0.0368 e. The van der Waals surface area contributed by atoms with Crippen LogP contribution in [0.2, 0.25) is 0 Å². The van der Waals surface area contributed by atoms with E-state index in [1.165, 1.54) is 37.2 Å². The van der Waals surface area contributed by atoms with Gasteiger partial charge < -0.3 is 4.90 Å². The monoisotopic (exact) mass is 189 g/mol. The molecule has 0 N–H and O–H groups in total. The highest BCUT2D eigenvalue weighted by molar-refractivity contribution is 5.49. The van der Waals surface area contributed by atoms with Crippen molar-refractivity contribution in [1.82, 2.24) is 0 Å². The van der Waals surface area contributed by atoms with E-state index >= 15 is 0 Å². The number of benzene rings is 1. The van der Waals surface area contributed by atoms with E-state index in [1.807, 2.05) is 0 Å². The Kier molecular flexibility index (Phi) is 2.76. The van der Waals surface area contributed by atoms with Gasteiger partial charge in [0.25, 0.3) is 0 Å². The molecule has 1 atom stereocenters. The van der Waals surface area contributed by atoms with Crippen LogP contribution in [-0.2, 0) is 0 Å². The number of aryl methyl sites for hydroxylation is 1. The summed E-state index contributed by atoms with van der Waals surface area (Å²) in [6, 6.07) is 8.84. The van der Waals surface area contributed by atoms with Crippen LogP contribution < -0.4 is 4.90 Å². The van der Waals surface area contributed by atoms with Crippen molar-refractivity contribution in [2.45, 2.75) is 26.7 Å². The van der Waals surface area contributed by atoms with Crippen LogP contribution in [0.4, 0.5) is 5.69 Å². The summed E-state index contributed by atoms with van der Waals surface area (Å²) in [6.07, 6.45) is 2.69. The van der Waals surface area contributed by atoms with Gasteiger partial charge in [-0.1, -0.05) is 25.5 Å². The third-order valence-electron chi connectivity index (χ3n) is 3.23. The topological polar surface area (TPSA) is 3.24 Å². The van der Waals surface area contributed by atoms with E-state index in [2.05, 4.69) is 43.0 Å². The van der Waals surface area contributed by atoms with Gasteiger partial charge in [-0.3, -0.25) is 0 Å². The van der Waals surface area contributed by atoms with Crippen molar-refractivity contribution in [2.75, 3.05) is 18.0 Å². The van der Waals surface area contributed by atoms with Crippen molar-refractivity contribution < 1.29 is 0 Å². The lowest BCUT2D eigenvalue weighted by Crippen LogP contribution is -2.19. The summed E-state index contributed by atoms with van der Waals surface area (Å²) in [5.41, 5.74) is 2.77. The minimum atomic E-state index is 0.913. The number of rotatable bonds is 2. The Morgan fingerprint density at radius 2 is 2.29 bits per heavy atom. The van der Waals surface area contributed by atoms with Gasteiger partial charge in [-0.2, -0.15) is 0 Å². The van der Waals surface area contributed by atoms with Gasteiger partial charge in [-0.05, 0) is 37.0 Å². The molecule has 0 aliphatic carbocycles. The maximum absolute atomic E-state index is 2.52. The quantitative estimate of drug-likeness (QED) is 0.690. The predicted molar refractivity (Wildman–Crippen MR) is 61.8 cm³/mol. The molecule has 0 saturated carbocycles. The van der Waals surface area contributed by atoms with Crippen molar-refractivity contribution in [3.8, 4) is 0 Å². The molecular formula is C13H19N. The zero-order chi connectivity index (χ0) is 9.97. The second kappa shape index (κ2) is 4.04. The van der Waals surface area contributed by atoms with Crippen molar-refractivity contribution in [3.05, 3.63) is 29.8 Å². The fraction of sp³-hybridized carbons (Fsp3) is 0.538. The Morgan fingerprint density at radius 1 is 1.43 bits per heavy atom. The molecule has 1 aromatic rings. The van der Waals surface area contributed by atoms with Crippen molar-refractivity contribution in [3.63, 3.8) is 0 Å². The van der Waals surface area contributed by atoms with Gasteiger partial charge >= 0.3 is 0 Å². The average Bonchev–Trinajstić information content (AvgIpc) is 2.66. The van der Waals surface area contributed by atoms with Crippen molar-refractivity contribution in [1.29, 1.82) is 0 Å². The summed E-state index contributed by atoms with van der Waals surface area (Å²) in [7, 11) is 0. The van der Waals surface area contributed by atoms with Crippen LogP contribution in [0.25, 0.3) is 0 Å². The third-order valence-corrected chi connectivity index (χ3v) is 3.23. The van der Waals surface area contributed by atoms with Gasteiger partial charge in [0.15, 0.2) is 0 Å². The van der Waals surface area contributed by atoms with Gasteiger partial charge in [0.1, 0.15) is 0 Å². The Labute approximate surface area is 86.7 Å². The molecule has 1 aliphatic heterocycles. The lowest BCUT2D eigenvalue weighted by Gasteiger charge is -2.18. The molecule has 1 nitrogen and oxygen atoms in total. The SMILES string of the molecule is CCC1CCN(c2cccc(C)c2)C1. The van der Waals surface area contributed by atoms with Crippen LogP contribution in [0.1, 0.15) is 25.3 Å². The van der Waals surface area contributed by atoms with E-state index in [9.17, 15) is 0 Å². The molecule has 1 aromatic carbocycles. The van der Waals surface area contributed by atoms with E-state index in [0.717, 1.165) is 5.92 Å². The fourth-order valence-corrected chi connectivity index (χ4v) is 2.23. The van der Waals surface area contributed by atoms with Crippen LogP contribution >= 0.6 is 0 Å². The highest BCUT2D eigenvalue weighted by Crippen LogP contribution is 2.25. The summed E-state index contributed by atoms with van der Waals surface area (Å²) in [4.78, 5) is 2.52. The van der Waals surface area contributed by atoms with Crippen LogP contribution in [0.5, 0.6) is 0 Å². The zero-order valence-electron chi connectivity index (χ0n) is 9.16. The summed E-state index contributed by atoms with van der Waals surface area (Å²) < 4.78 is 0. The normalized spacial score (nSPS) is 21.6. The van der Waals surface area contributed by atoms with E-state index in [4.69, 9.17) is 0 Å². The predicted octanol–water partition coefficient (Wildman–Crippen LogP) is 3.23.